The smallest absolute Gasteiger partial charge is 0.352 e. The van der Waals surface area contributed by atoms with E-state index in [2.05, 4.69) is 17.2 Å². The minimum atomic E-state index is -1.26. The number of carboxylic acid groups (broad SMARTS) is 1. The normalized spacial score (nSPS) is 24.8. The second-order valence-corrected chi connectivity index (χ2v) is 7.02. The van der Waals surface area contributed by atoms with Crippen molar-refractivity contribution in [2.24, 2.45) is 5.41 Å². The lowest BCUT2D eigenvalue weighted by molar-refractivity contribution is -0.148. The molecule has 1 amide bonds. The Bertz CT molecular complexity index is 839. The Hall–Kier alpha value is -2.56. The summed E-state index contributed by atoms with van der Waals surface area (Å²) < 4.78 is 4.86. The first-order chi connectivity index (χ1) is 11.8. The van der Waals surface area contributed by atoms with Crippen molar-refractivity contribution in [1.82, 2.24) is 10.2 Å². The number of rotatable bonds is 5. The van der Waals surface area contributed by atoms with E-state index in [0.717, 1.165) is 4.90 Å². The Morgan fingerprint density at radius 3 is 2.80 bits per heavy atom. The Kier molecular flexibility index (Phi) is 4.19. The molecule has 0 aromatic rings. The maximum absolute atomic E-state index is 12.4. The molecule has 1 saturated heterocycles. The number of β-lactam (4-membered cyclic amide) rings is 1. The topological polar surface area (TPSA) is 120 Å². The number of carbonyl (C=O) groups is 3. The summed E-state index contributed by atoms with van der Waals surface area (Å²) in [4.78, 5) is 36.2. The number of amides is 1. The maximum atomic E-state index is 12.4. The van der Waals surface area contributed by atoms with Crippen molar-refractivity contribution < 1.29 is 24.2 Å². The van der Waals surface area contributed by atoms with Gasteiger partial charge < -0.3 is 15.2 Å². The molecule has 2 aliphatic heterocycles. The summed E-state index contributed by atoms with van der Waals surface area (Å²) in [6.07, 6.45) is 0. The zero-order valence-corrected chi connectivity index (χ0v) is 14.5. The van der Waals surface area contributed by atoms with Crippen LogP contribution in [0, 0.1) is 28.6 Å². The molecular weight excluding hydrogens is 366 g/mol. The third kappa shape index (κ3) is 2.84. The first kappa shape index (κ1) is 17.3. The van der Waals surface area contributed by atoms with Gasteiger partial charge in [0, 0.05) is 18.2 Å². The molecule has 1 aliphatic carbocycles. The number of nitriles is 1. The van der Waals surface area contributed by atoms with E-state index in [0.29, 0.717) is 11.3 Å². The fraction of sp³-hybridized carbons (Fsp3) is 0.400. The molecule has 2 atom stereocenters. The van der Waals surface area contributed by atoms with Gasteiger partial charge in [0.2, 0.25) is 5.41 Å². The van der Waals surface area contributed by atoms with Crippen LogP contribution in [-0.4, -0.2) is 56.6 Å². The van der Waals surface area contributed by atoms with Gasteiger partial charge in [0.15, 0.2) is 0 Å². The predicted molar refractivity (Wildman–Crippen MR) is 89.7 cm³/mol. The molecule has 1 fully saturated rings. The minimum Gasteiger partial charge on any atom is -0.477 e. The number of thiocarbonyl (C=S) groups is 1. The van der Waals surface area contributed by atoms with E-state index in [1.807, 2.05) is 6.07 Å². The molecular formula is C15H11N3O5S2. The molecule has 0 bridgehead atoms. The van der Waals surface area contributed by atoms with Crippen LogP contribution in [0.15, 0.2) is 11.3 Å². The van der Waals surface area contributed by atoms with Crippen LogP contribution < -0.4 is 5.32 Å². The third-order valence-electron chi connectivity index (χ3n) is 3.87. The van der Waals surface area contributed by atoms with Crippen molar-refractivity contribution >= 4 is 46.8 Å². The average Bonchev–Trinajstić information content (AvgIpc) is 3.37. The van der Waals surface area contributed by atoms with Crippen LogP contribution in [0.3, 0.4) is 0 Å². The molecule has 2 heterocycles. The highest BCUT2D eigenvalue weighted by molar-refractivity contribution is 8.00. The number of aliphatic carboxylic acids is 1. The highest BCUT2D eigenvalue weighted by Gasteiger charge is 2.55. The summed E-state index contributed by atoms with van der Waals surface area (Å²) >= 11 is 6.46. The molecule has 3 rings (SSSR count). The van der Waals surface area contributed by atoms with Gasteiger partial charge in [-0.1, -0.05) is 24.1 Å². The fourth-order valence-electron chi connectivity index (χ4n) is 2.52. The summed E-state index contributed by atoms with van der Waals surface area (Å²) in [5.41, 5.74) is -0.990. The highest BCUT2D eigenvalue weighted by Crippen LogP contribution is 2.41. The summed E-state index contributed by atoms with van der Waals surface area (Å²) in [5, 5.41) is 20.9. The number of carbonyl (C=O) groups excluding carboxylic acids is 2. The molecule has 8 nitrogen and oxygen atoms in total. The first-order valence-corrected chi connectivity index (χ1v) is 8.56. The van der Waals surface area contributed by atoms with Crippen molar-refractivity contribution in [2.75, 3.05) is 12.4 Å². The summed E-state index contributed by atoms with van der Waals surface area (Å²) in [7, 11) is 0. The Morgan fingerprint density at radius 1 is 1.60 bits per heavy atom. The molecule has 128 valence electrons. The molecule has 0 radical (unpaired) electrons. The lowest BCUT2D eigenvalue weighted by Gasteiger charge is -2.49. The number of thioether (sulfide) groups is 1. The zero-order valence-electron chi connectivity index (χ0n) is 12.9. The second-order valence-electron chi connectivity index (χ2n) is 5.51. The second kappa shape index (κ2) is 6.06. The summed E-state index contributed by atoms with van der Waals surface area (Å²) in [6, 6.07) is 1.22. The van der Waals surface area contributed by atoms with Gasteiger partial charge in [-0.2, -0.15) is 5.26 Å². The van der Waals surface area contributed by atoms with Gasteiger partial charge in [-0.3, -0.25) is 14.5 Å². The van der Waals surface area contributed by atoms with Crippen LogP contribution in [0.4, 0.5) is 0 Å². The monoisotopic (exact) mass is 377 g/mol. The van der Waals surface area contributed by atoms with Gasteiger partial charge >= 0.3 is 11.9 Å². The number of nitrogens with zero attached hydrogens (tertiary/aromatic N) is 2. The molecule has 0 spiro atoms. The molecule has 0 aromatic heterocycles. The van der Waals surface area contributed by atoms with Crippen molar-refractivity contribution in [3.63, 3.8) is 0 Å². The van der Waals surface area contributed by atoms with Crippen LogP contribution in [0.1, 0.15) is 6.92 Å². The number of hydrogen-bond donors (Lipinski definition) is 2. The molecule has 25 heavy (non-hydrogen) atoms. The Balaban J connectivity index is 1.75. The lowest BCUT2D eigenvalue weighted by Crippen LogP contribution is -2.71. The van der Waals surface area contributed by atoms with Crippen LogP contribution >= 0.6 is 24.0 Å². The van der Waals surface area contributed by atoms with Crippen LogP contribution in [-0.2, 0) is 19.1 Å². The van der Waals surface area contributed by atoms with E-state index in [1.54, 1.807) is 0 Å². The summed E-state index contributed by atoms with van der Waals surface area (Å²) in [6.45, 7) is 1.04. The number of nitrogens with one attached hydrogen (secondary N) is 1. The summed E-state index contributed by atoms with van der Waals surface area (Å²) in [5.74, 6) is 3.24. The fourth-order valence-corrected chi connectivity index (χ4v) is 4.12. The van der Waals surface area contributed by atoms with Gasteiger partial charge in [0.05, 0.1) is 0 Å². The van der Waals surface area contributed by atoms with E-state index < -0.39 is 34.7 Å². The van der Waals surface area contributed by atoms with E-state index in [-0.39, 0.29) is 17.3 Å². The Morgan fingerprint density at radius 2 is 2.28 bits per heavy atom. The van der Waals surface area contributed by atoms with Gasteiger partial charge in [-0.15, -0.1) is 11.8 Å². The molecule has 0 saturated carbocycles. The zero-order chi connectivity index (χ0) is 18.4. The number of fused-ring (bicyclic) bond motifs is 1. The van der Waals surface area contributed by atoms with E-state index in [9.17, 15) is 19.5 Å². The quantitative estimate of drug-likeness (QED) is 0.286. The minimum absolute atomic E-state index is 0.125. The molecule has 0 unspecified atom stereocenters. The number of hydrogen-bond acceptors (Lipinski definition) is 7. The van der Waals surface area contributed by atoms with Gasteiger partial charge in [-0.25, -0.2) is 4.79 Å². The highest BCUT2D eigenvalue weighted by atomic mass is 32.2. The Labute approximate surface area is 152 Å². The third-order valence-corrected chi connectivity index (χ3v) is 5.63. The van der Waals surface area contributed by atoms with Crippen LogP contribution in [0.2, 0.25) is 0 Å². The van der Waals surface area contributed by atoms with Crippen molar-refractivity contribution in [3.05, 3.63) is 11.3 Å². The largest absolute Gasteiger partial charge is 0.477 e. The van der Waals surface area contributed by atoms with Crippen LogP contribution in [0.5, 0.6) is 0 Å². The molecule has 0 aromatic carbocycles. The maximum Gasteiger partial charge on any atom is 0.352 e. The number of carboxylic acids is 1. The first-order valence-electron chi connectivity index (χ1n) is 7.10. The lowest BCUT2D eigenvalue weighted by atomic mass is 10.00. The van der Waals surface area contributed by atoms with E-state index in [1.165, 1.54) is 18.7 Å². The average molecular weight is 377 g/mol. The van der Waals surface area contributed by atoms with Crippen molar-refractivity contribution in [1.29, 1.82) is 5.26 Å². The molecule has 3 aliphatic rings. The van der Waals surface area contributed by atoms with E-state index in [4.69, 9.17) is 22.2 Å². The van der Waals surface area contributed by atoms with Crippen molar-refractivity contribution in [3.8, 4) is 17.9 Å². The van der Waals surface area contributed by atoms with Gasteiger partial charge in [-0.05, 0) is 0 Å². The van der Waals surface area contributed by atoms with Gasteiger partial charge in [0.1, 0.15) is 34.8 Å². The van der Waals surface area contributed by atoms with Crippen LogP contribution in [0.25, 0.3) is 0 Å². The van der Waals surface area contributed by atoms with E-state index >= 15 is 0 Å². The standard InChI is InChI=1S/C15H11N3O5S2/c1-7(19)23-4-8-5-25-12-9(11(20)18(12)10(8)13(21)22)17-14(24)15(6-16)2-3-15/h9,12H,4-5H2,1H3,(H,17,24)(H,21,22)/t9-,12-/m1/s1. The predicted octanol–water partition coefficient (Wildman–Crippen LogP) is -0.384. The SMILES string of the molecule is CC(=O)OCC1=C(C(=O)O)N2C(=O)[C@@H](NC(=S)C3(C#N)C#C3)[C@H]2SC1. The van der Waals surface area contributed by atoms with Gasteiger partial charge in [0.25, 0.3) is 5.91 Å². The molecule has 2 N–H and O–H groups in total. The number of esters is 1. The number of ether oxygens (including phenoxy) is 1. The van der Waals surface area contributed by atoms with Crippen molar-refractivity contribution in [2.45, 2.75) is 18.3 Å². The molecule has 10 heteroatoms.